The van der Waals surface area contributed by atoms with Crippen LogP contribution in [-0.2, 0) is 11.3 Å². The normalized spacial score (nSPS) is 12.3. The van der Waals surface area contributed by atoms with E-state index in [1.807, 2.05) is 36.4 Å². The molecule has 0 aliphatic heterocycles. The van der Waals surface area contributed by atoms with E-state index in [1.165, 1.54) is 5.52 Å². The van der Waals surface area contributed by atoms with Crippen LogP contribution in [0.15, 0.2) is 53.6 Å². The number of nitrogens with one attached hydrogen (secondary N) is 2. The van der Waals surface area contributed by atoms with Crippen LogP contribution in [0, 0.1) is 6.92 Å². The Balaban J connectivity index is 1.72. The molecule has 1 heterocycles. The molecule has 1 atom stereocenters. The average molecular weight is 378 g/mol. The van der Waals surface area contributed by atoms with Crippen LogP contribution in [-0.4, -0.2) is 29.8 Å². The van der Waals surface area contributed by atoms with Crippen molar-refractivity contribution in [1.29, 1.82) is 0 Å². The Labute approximate surface area is 165 Å². The van der Waals surface area contributed by atoms with Crippen molar-refractivity contribution in [2.24, 2.45) is 5.10 Å². The van der Waals surface area contributed by atoms with Gasteiger partial charge in [0.05, 0.1) is 19.0 Å². The fraction of sp³-hybridized carbons (Fsp3) is 0.273. The number of rotatable bonds is 7. The molecule has 6 nitrogen and oxygen atoms in total. The quantitative estimate of drug-likeness (QED) is 0.483. The zero-order valence-corrected chi connectivity index (χ0v) is 16.7. The summed E-state index contributed by atoms with van der Waals surface area (Å²) in [7, 11) is 1.60. The van der Waals surface area contributed by atoms with E-state index >= 15 is 0 Å². The number of aryl methyl sites for hydroxylation is 1. The third-order valence-corrected chi connectivity index (χ3v) is 4.84. The van der Waals surface area contributed by atoms with Crippen molar-refractivity contribution >= 4 is 28.7 Å². The van der Waals surface area contributed by atoms with Crippen LogP contribution in [0.2, 0.25) is 0 Å². The van der Waals surface area contributed by atoms with Gasteiger partial charge in [0.15, 0.2) is 0 Å². The predicted molar refractivity (Wildman–Crippen MR) is 114 cm³/mol. The van der Waals surface area contributed by atoms with Crippen molar-refractivity contribution < 1.29 is 9.53 Å². The lowest BCUT2D eigenvalue weighted by Gasteiger charge is -2.15. The number of hydrogen-bond acceptors (Lipinski definition) is 4. The van der Waals surface area contributed by atoms with E-state index in [0.29, 0.717) is 5.75 Å². The molecule has 1 aromatic heterocycles. The van der Waals surface area contributed by atoms with E-state index < -0.39 is 6.04 Å². The number of anilines is 1. The maximum atomic E-state index is 12.4. The second-order valence-corrected chi connectivity index (χ2v) is 6.56. The van der Waals surface area contributed by atoms with Crippen molar-refractivity contribution in [3.8, 4) is 5.75 Å². The molecular weight excluding hydrogens is 352 g/mol. The van der Waals surface area contributed by atoms with Gasteiger partial charge in [-0.2, -0.15) is 5.10 Å². The summed E-state index contributed by atoms with van der Waals surface area (Å²) in [5.74, 6) is 0.465. The number of benzene rings is 2. The number of carbonyl (C=O) groups excluding carboxylic acids is 1. The van der Waals surface area contributed by atoms with Gasteiger partial charge in [-0.1, -0.05) is 30.3 Å². The lowest BCUT2D eigenvalue weighted by Crippen LogP contribution is -2.35. The van der Waals surface area contributed by atoms with Gasteiger partial charge in [-0.3, -0.25) is 4.79 Å². The third-order valence-electron chi connectivity index (χ3n) is 4.84. The molecule has 0 saturated carbocycles. The molecule has 2 aromatic carbocycles. The van der Waals surface area contributed by atoms with Crippen molar-refractivity contribution in [1.82, 2.24) is 9.99 Å². The fourth-order valence-electron chi connectivity index (χ4n) is 3.35. The Morgan fingerprint density at radius 2 is 1.93 bits per heavy atom. The highest BCUT2D eigenvalue weighted by Gasteiger charge is 2.14. The molecule has 2 N–H and O–H groups in total. The number of hydrazone groups is 1. The van der Waals surface area contributed by atoms with Crippen LogP contribution in [0.25, 0.3) is 10.9 Å². The number of nitrogens with zero attached hydrogens (tertiary/aromatic N) is 2. The van der Waals surface area contributed by atoms with Gasteiger partial charge in [0.1, 0.15) is 11.8 Å². The first-order valence-electron chi connectivity index (χ1n) is 9.37. The first-order chi connectivity index (χ1) is 13.6. The molecule has 3 aromatic rings. The summed E-state index contributed by atoms with van der Waals surface area (Å²) in [6.07, 6.45) is 1.72. The van der Waals surface area contributed by atoms with Crippen LogP contribution in [0.5, 0.6) is 5.75 Å². The molecule has 146 valence electrons. The number of aromatic nitrogens is 1. The highest BCUT2D eigenvalue weighted by molar-refractivity contribution is 6.01. The van der Waals surface area contributed by atoms with Gasteiger partial charge in [-0.05, 0) is 39.0 Å². The lowest BCUT2D eigenvalue weighted by molar-refractivity contribution is -0.121. The van der Waals surface area contributed by atoms with E-state index in [9.17, 15) is 4.79 Å². The van der Waals surface area contributed by atoms with Crippen LogP contribution in [0.3, 0.4) is 0 Å². The van der Waals surface area contributed by atoms with Crippen molar-refractivity contribution in [3.05, 3.63) is 59.8 Å². The minimum Gasteiger partial charge on any atom is -0.495 e. The van der Waals surface area contributed by atoms with E-state index in [1.54, 1.807) is 20.2 Å². The van der Waals surface area contributed by atoms with Gasteiger partial charge in [0.25, 0.3) is 5.91 Å². The summed E-state index contributed by atoms with van der Waals surface area (Å²) in [4.78, 5) is 12.4. The number of fused-ring (bicyclic) bond motifs is 1. The van der Waals surface area contributed by atoms with E-state index in [0.717, 1.165) is 28.9 Å². The molecule has 0 saturated heterocycles. The van der Waals surface area contributed by atoms with Crippen molar-refractivity contribution in [3.63, 3.8) is 0 Å². The number of methoxy groups -OCH3 is 1. The second-order valence-electron chi connectivity index (χ2n) is 6.56. The molecule has 0 spiro atoms. The largest absolute Gasteiger partial charge is 0.495 e. The molecule has 0 aliphatic carbocycles. The lowest BCUT2D eigenvalue weighted by atomic mass is 10.1. The summed E-state index contributed by atoms with van der Waals surface area (Å²) in [6, 6.07) is 15.2. The molecule has 0 fully saturated rings. The third kappa shape index (κ3) is 3.86. The molecule has 3 rings (SSSR count). The molecule has 1 amide bonds. The predicted octanol–water partition coefficient (Wildman–Crippen LogP) is 3.93. The number of carbonyl (C=O) groups is 1. The van der Waals surface area contributed by atoms with Gasteiger partial charge in [-0.25, -0.2) is 5.43 Å². The number of para-hydroxylation sites is 3. The summed E-state index contributed by atoms with van der Waals surface area (Å²) < 4.78 is 7.55. The van der Waals surface area contributed by atoms with E-state index in [4.69, 9.17) is 4.74 Å². The smallest absolute Gasteiger partial charge is 0.262 e. The molecule has 28 heavy (non-hydrogen) atoms. The Morgan fingerprint density at radius 1 is 1.21 bits per heavy atom. The fourth-order valence-corrected chi connectivity index (χ4v) is 3.35. The maximum Gasteiger partial charge on any atom is 0.262 e. The minimum absolute atomic E-state index is 0.223. The van der Waals surface area contributed by atoms with Crippen LogP contribution < -0.4 is 15.5 Å². The second kappa shape index (κ2) is 8.61. The molecule has 6 heteroatoms. The van der Waals surface area contributed by atoms with E-state index in [-0.39, 0.29) is 5.91 Å². The summed E-state index contributed by atoms with van der Waals surface area (Å²) in [6.45, 7) is 6.85. The van der Waals surface area contributed by atoms with Gasteiger partial charge in [0.2, 0.25) is 0 Å². The topological polar surface area (TPSA) is 67.7 Å². The van der Waals surface area contributed by atoms with Gasteiger partial charge < -0.3 is 14.6 Å². The first kappa shape index (κ1) is 19.5. The van der Waals surface area contributed by atoms with E-state index in [2.05, 4.69) is 46.4 Å². The van der Waals surface area contributed by atoms with Gasteiger partial charge >= 0.3 is 0 Å². The van der Waals surface area contributed by atoms with Crippen LogP contribution in [0.4, 0.5) is 5.69 Å². The molecule has 0 radical (unpaired) electrons. The highest BCUT2D eigenvalue weighted by Crippen LogP contribution is 2.25. The Bertz CT molecular complexity index is 1010. The number of amides is 1. The van der Waals surface area contributed by atoms with Crippen molar-refractivity contribution in [2.75, 3.05) is 12.4 Å². The van der Waals surface area contributed by atoms with Crippen molar-refractivity contribution in [2.45, 2.75) is 33.4 Å². The Hall–Kier alpha value is -3.28. The monoisotopic (exact) mass is 378 g/mol. The SMILES string of the molecule is CCn1c(C)c(/C=N\NC(=O)C(C)Nc2ccccc2OC)c2ccccc21. The summed E-state index contributed by atoms with van der Waals surface area (Å²) in [5, 5.41) is 8.47. The maximum absolute atomic E-state index is 12.4. The zero-order chi connectivity index (χ0) is 20.1. The first-order valence-corrected chi connectivity index (χ1v) is 9.37. The standard InChI is InChI=1S/C22H26N4O2/c1-5-26-16(3)18(17-10-6-8-12-20(17)26)14-23-25-22(27)15(2)24-19-11-7-9-13-21(19)28-4/h6-15,24H,5H2,1-4H3,(H,25,27)/b23-14-. The summed E-state index contributed by atoms with van der Waals surface area (Å²) >= 11 is 0. The molecule has 0 aliphatic rings. The van der Waals surface area contributed by atoms with Crippen LogP contribution >= 0.6 is 0 Å². The average Bonchev–Trinajstić information content (AvgIpc) is 2.99. The van der Waals surface area contributed by atoms with Gasteiger partial charge in [0, 0.05) is 28.7 Å². The summed E-state index contributed by atoms with van der Waals surface area (Å²) in [5.41, 5.74) is 6.70. The number of ether oxygens (including phenoxy) is 1. The molecule has 1 unspecified atom stereocenters. The Morgan fingerprint density at radius 3 is 2.68 bits per heavy atom. The zero-order valence-electron chi connectivity index (χ0n) is 16.7. The Kier molecular flexibility index (Phi) is 5.99. The van der Waals surface area contributed by atoms with Crippen LogP contribution in [0.1, 0.15) is 25.1 Å². The number of hydrogen-bond donors (Lipinski definition) is 2. The van der Waals surface area contributed by atoms with Gasteiger partial charge in [-0.15, -0.1) is 0 Å². The molecule has 0 bridgehead atoms. The molecular formula is C22H26N4O2. The minimum atomic E-state index is -0.466. The highest BCUT2D eigenvalue weighted by atomic mass is 16.5.